The number of aliphatic hydroxyl groups excluding tert-OH is 1. The van der Waals surface area contributed by atoms with Crippen molar-refractivity contribution >= 4 is 22.7 Å². The Morgan fingerprint density at radius 3 is 1.08 bits per heavy atom. The molecule has 5 heterocycles. The van der Waals surface area contributed by atoms with Crippen molar-refractivity contribution in [1.82, 2.24) is 19.4 Å². The zero-order chi connectivity index (χ0) is 61.3. The van der Waals surface area contributed by atoms with Crippen molar-refractivity contribution in [2.75, 3.05) is 120 Å². The van der Waals surface area contributed by atoms with Crippen LogP contribution in [0.15, 0.2) is 140 Å². The molecule has 0 saturated carbocycles. The molecule has 0 atom stereocenters. The van der Waals surface area contributed by atoms with Gasteiger partial charge in [0.1, 0.15) is 0 Å². The van der Waals surface area contributed by atoms with Crippen molar-refractivity contribution in [3.05, 3.63) is 168 Å². The van der Waals surface area contributed by atoms with E-state index in [2.05, 4.69) is 253 Å². The summed E-state index contributed by atoms with van der Waals surface area (Å²) in [6, 6.07) is 44.7. The van der Waals surface area contributed by atoms with Crippen LogP contribution in [0.5, 0.6) is 0 Å². The molecule has 466 valence electrons. The van der Waals surface area contributed by atoms with Gasteiger partial charge in [0.15, 0.2) is 0 Å². The lowest BCUT2D eigenvalue weighted by Crippen LogP contribution is -2.40. The third-order valence-corrected chi connectivity index (χ3v) is 18.2. The van der Waals surface area contributed by atoms with Gasteiger partial charge < -0.3 is 39.1 Å². The lowest BCUT2D eigenvalue weighted by atomic mass is 9.93. The summed E-state index contributed by atoms with van der Waals surface area (Å²) in [5.41, 5.74) is 13.7. The van der Waals surface area contributed by atoms with Crippen molar-refractivity contribution in [3.63, 3.8) is 0 Å². The number of rotatable bonds is 16. The highest BCUT2D eigenvalue weighted by atomic mass is 16.3. The monoisotopic (exact) mass is 1160 g/mol. The number of benzene rings is 5. The van der Waals surface area contributed by atoms with Gasteiger partial charge in [0.2, 0.25) is 0 Å². The first-order valence-corrected chi connectivity index (χ1v) is 33.2. The first kappa shape index (κ1) is 68.5. The molecule has 4 aliphatic heterocycles. The van der Waals surface area contributed by atoms with Crippen molar-refractivity contribution in [2.45, 2.75) is 163 Å². The minimum atomic E-state index is 0.341. The topological polar surface area (TPSA) is 57.5 Å². The Balaban J connectivity index is 0.000000173. The van der Waals surface area contributed by atoms with Gasteiger partial charge >= 0.3 is 0 Å². The first-order chi connectivity index (χ1) is 40.9. The van der Waals surface area contributed by atoms with E-state index in [-0.39, 0.29) is 0 Å². The Morgan fingerprint density at radius 2 is 0.765 bits per heavy atom. The highest BCUT2D eigenvalue weighted by molar-refractivity contribution is 5.51. The van der Waals surface area contributed by atoms with Gasteiger partial charge in [-0.1, -0.05) is 136 Å². The Hall–Kier alpha value is -5.61. The van der Waals surface area contributed by atoms with Crippen LogP contribution in [-0.4, -0.2) is 125 Å². The average Bonchev–Trinajstić information content (AvgIpc) is 4.21. The molecular formula is C76H116N8O. The number of hydrogen-bond acceptors (Lipinski definition) is 8. The van der Waals surface area contributed by atoms with Gasteiger partial charge in [0.25, 0.3) is 0 Å². The standard InChI is InChI=1S/C20H32N2.C17H28N2.C16H25NO.C12H14N2.C11H17N/c1-17(2)19-6-8-20(9-7-19)22-14-10-18(11-15-22)16-21-12-4-3-5-13-21;1-14(2)16-5-7-17(8-6-16)19-11-9-15(10-12-19)13-18(3)4;1-13(2)15-3-5-16(6-4-15)17-10-7-14(8-11-17)9-12-18;1-10(2)11-3-5-12(6-4-11)14-8-7-13-9-14;1-9(2)10-5-7-11(8-6-10)12(3)4/h6-9,17-18H,3-5,10-16H2,1-2H3;5-8,14-15H,9-13H2,1-4H3;3-6,13-14,18H,7-12H2,1-2H3;3-10H,1-2H3;5-9H,1-4H3. The zero-order valence-corrected chi connectivity index (χ0v) is 55.8. The van der Waals surface area contributed by atoms with Crippen molar-refractivity contribution in [2.24, 2.45) is 17.8 Å². The summed E-state index contributed by atoms with van der Waals surface area (Å²) >= 11 is 0. The third-order valence-electron chi connectivity index (χ3n) is 18.2. The van der Waals surface area contributed by atoms with Crippen LogP contribution in [0, 0.1) is 17.8 Å². The molecule has 0 amide bonds. The molecule has 1 aromatic heterocycles. The van der Waals surface area contributed by atoms with Gasteiger partial charge in [0.05, 0.1) is 6.33 Å². The minimum absolute atomic E-state index is 0.341. The fraction of sp³-hybridized carbons (Fsp3) is 0.566. The molecule has 6 aromatic rings. The lowest BCUT2D eigenvalue weighted by molar-refractivity contribution is 0.181. The first-order valence-electron chi connectivity index (χ1n) is 33.2. The number of hydrogen-bond donors (Lipinski definition) is 1. The van der Waals surface area contributed by atoms with Crippen LogP contribution >= 0.6 is 0 Å². The number of nitrogens with zero attached hydrogens (tertiary/aromatic N) is 8. The largest absolute Gasteiger partial charge is 0.396 e. The quantitative estimate of drug-likeness (QED) is 0.103. The fourth-order valence-corrected chi connectivity index (χ4v) is 12.2. The van der Waals surface area contributed by atoms with Gasteiger partial charge in [0, 0.05) is 114 Å². The second kappa shape index (κ2) is 35.9. The maximum absolute atomic E-state index is 8.97. The molecule has 1 N–H and O–H groups in total. The summed E-state index contributed by atoms with van der Waals surface area (Å²) in [7, 11) is 8.47. The number of aliphatic hydroxyl groups is 1. The predicted octanol–water partition coefficient (Wildman–Crippen LogP) is 17.4. The summed E-state index contributed by atoms with van der Waals surface area (Å²) in [6.07, 6.45) is 18.6. The molecule has 85 heavy (non-hydrogen) atoms. The molecular weight excluding hydrogens is 1040 g/mol. The smallest absolute Gasteiger partial charge is 0.0991 e. The second-order valence-electron chi connectivity index (χ2n) is 27.0. The van der Waals surface area contributed by atoms with E-state index in [0.717, 1.165) is 43.0 Å². The summed E-state index contributed by atoms with van der Waals surface area (Å²) in [5, 5.41) is 8.97. The maximum Gasteiger partial charge on any atom is 0.0991 e. The molecule has 10 rings (SSSR count). The predicted molar refractivity (Wildman–Crippen MR) is 369 cm³/mol. The van der Waals surface area contributed by atoms with Gasteiger partial charge in [-0.3, -0.25) is 0 Å². The molecule has 4 saturated heterocycles. The van der Waals surface area contributed by atoms with Crippen molar-refractivity contribution in [3.8, 4) is 5.69 Å². The van der Waals surface area contributed by atoms with E-state index >= 15 is 0 Å². The third kappa shape index (κ3) is 23.2. The Bertz CT molecular complexity index is 2620. The van der Waals surface area contributed by atoms with E-state index < -0.39 is 0 Å². The van der Waals surface area contributed by atoms with Crippen LogP contribution in [0.1, 0.15) is 191 Å². The van der Waals surface area contributed by atoms with Gasteiger partial charge in [-0.15, -0.1) is 0 Å². The van der Waals surface area contributed by atoms with Gasteiger partial charge in [-0.2, -0.15) is 0 Å². The van der Waals surface area contributed by atoms with Crippen LogP contribution in [0.3, 0.4) is 0 Å². The Labute approximate surface area is 518 Å². The molecule has 4 aliphatic rings. The SMILES string of the molecule is CC(C)c1ccc(-n2ccnc2)cc1.CC(C)c1ccc(N(C)C)cc1.CC(C)c1ccc(N2CCC(CCO)CC2)cc1.CC(C)c1ccc(N2CCC(CN(C)C)CC2)cc1.CC(C)c1ccc(N2CCC(CN3CCCCC3)CC2)cc1. The van der Waals surface area contributed by atoms with Crippen LogP contribution < -0.4 is 19.6 Å². The maximum atomic E-state index is 8.97. The molecule has 5 aromatic carbocycles. The Morgan fingerprint density at radius 1 is 0.424 bits per heavy atom. The van der Waals surface area contributed by atoms with E-state index in [1.807, 2.05) is 17.1 Å². The Kier molecular flexibility index (Phi) is 28.9. The van der Waals surface area contributed by atoms with Crippen LogP contribution in [0.4, 0.5) is 22.7 Å². The molecule has 0 radical (unpaired) electrons. The highest BCUT2D eigenvalue weighted by Crippen LogP contribution is 2.30. The fourth-order valence-electron chi connectivity index (χ4n) is 12.2. The van der Waals surface area contributed by atoms with Gasteiger partial charge in [-0.05, 0) is 221 Å². The highest BCUT2D eigenvalue weighted by Gasteiger charge is 2.24. The van der Waals surface area contributed by atoms with Crippen LogP contribution in [-0.2, 0) is 0 Å². The summed E-state index contributed by atoms with van der Waals surface area (Å²) in [5.74, 6) is 5.60. The van der Waals surface area contributed by atoms with Crippen LogP contribution in [0.25, 0.3) is 5.69 Å². The molecule has 0 spiro atoms. The van der Waals surface area contributed by atoms with Gasteiger partial charge in [-0.25, -0.2) is 4.98 Å². The summed E-state index contributed by atoms with van der Waals surface area (Å²) in [4.78, 5) is 18.7. The minimum Gasteiger partial charge on any atom is -0.396 e. The van der Waals surface area contributed by atoms with Crippen LogP contribution in [0.2, 0.25) is 0 Å². The number of aromatic nitrogens is 2. The number of anilines is 4. The number of piperidine rings is 4. The average molecular weight is 1160 g/mol. The summed E-state index contributed by atoms with van der Waals surface area (Å²) in [6.45, 7) is 35.1. The molecule has 9 nitrogen and oxygen atoms in total. The molecule has 4 fully saturated rings. The van der Waals surface area contributed by atoms with Crippen molar-refractivity contribution < 1.29 is 5.11 Å². The lowest BCUT2D eigenvalue weighted by Gasteiger charge is -2.37. The van der Waals surface area contributed by atoms with Crippen molar-refractivity contribution in [1.29, 1.82) is 0 Å². The molecule has 0 bridgehead atoms. The zero-order valence-electron chi connectivity index (χ0n) is 55.8. The molecule has 0 unspecified atom stereocenters. The normalized spacial score (nSPS) is 16.4. The number of likely N-dealkylation sites (tertiary alicyclic amines) is 1. The van der Waals surface area contributed by atoms with E-state index in [0.29, 0.717) is 36.2 Å². The van der Waals surface area contributed by atoms with E-state index in [1.165, 1.54) is 161 Å². The molecule has 9 heteroatoms. The van der Waals surface area contributed by atoms with E-state index in [4.69, 9.17) is 5.11 Å². The van der Waals surface area contributed by atoms with E-state index in [1.54, 1.807) is 6.20 Å². The summed E-state index contributed by atoms with van der Waals surface area (Å²) < 4.78 is 2.00. The van der Waals surface area contributed by atoms with E-state index in [9.17, 15) is 0 Å². The number of imidazole rings is 1. The molecule has 0 aliphatic carbocycles. The second-order valence-corrected chi connectivity index (χ2v) is 27.0.